The second-order valence-electron chi connectivity index (χ2n) is 8.46. The number of rotatable bonds is 6. The summed E-state index contributed by atoms with van der Waals surface area (Å²) in [6.07, 6.45) is 5.51. The van der Waals surface area contributed by atoms with Crippen molar-refractivity contribution in [3.8, 4) is 5.75 Å². The third-order valence-corrected chi connectivity index (χ3v) is 6.56. The minimum absolute atomic E-state index is 0.146. The summed E-state index contributed by atoms with van der Waals surface area (Å²) >= 11 is 0. The average molecular weight is 416 g/mol. The zero-order valence-electron chi connectivity index (χ0n) is 16.5. The Morgan fingerprint density at radius 1 is 0.862 bits per heavy atom. The van der Waals surface area contributed by atoms with Crippen molar-refractivity contribution >= 4 is 0 Å². The molecule has 2 saturated carbocycles. The molecule has 0 aliphatic heterocycles. The molecule has 29 heavy (non-hydrogen) atoms. The summed E-state index contributed by atoms with van der Waals surface area (Å²) in [6, 6.07) is 6.31. The van der Waals surface area contributed by atoms with Crippen molar-refractivity contribution in [1.29, 1.82) is 0 Å². The summed E-state index contributed by atoms with van der Waals surface area (Å²) in [5.41, 5.74) is 1.09. The maximum atomic E-state index is 12.3. The minimum Gasteiger partial charge on any atom is -0.406 e. The molecular weight excluding hydrogens is 387 g/mol. The van der Waals surface area contributed by atoms with Crippen LogP contribution >= 0.6 is 0 Å². The van der Waals surface area contributed by atoms with Gasteiger partial charge in [-0.1, -0.05) is 24.3 Å². The van der Waals surface area contributed by atoms with Crippen molar-refractivity contribution in [1.82, 2.24) is 0 Å². The van der Waals surface area contributed by atoms with Gasteiger partial charge >= 0.3 is 6.36 Å². The Hall–Kier alpha value is -1.59. The van der Waals surface area contributed by atoms with Crippen LogP contribution in [0.3, 0.4) is 0 Å². The summed E-state index contributed by atoms with van der Waals surface area (Å²) < 4.78 is 65.2. The molecule has 0 heterocycles. The van der Waals surface area contributed by atoms with Crippen LogP contribution in [0.15, 0.2) is 36.4 Å². The predicted octanol–water partition coefficient (Wildman–Crippen LogP) is 7.88. The average Bonchev–Trinajstić information content (AvgIpc) is 2.68. The molecule has 0 spiro atoms. The molecule has 2 fully saturated rings. The van der Waals surface area contributed by atoms with E-state index in [2.05, 4.69) is 4.74 Å². The highest BCUT2D eigenvalue weighted by molar-refractivity contribution is 5.29. The Labute approximate surface area is 169 Å². The van der Waals surface area contributed by atoms with Gasteiger partial charge in [0.05, 0.1) is 0 Å². The smallest absolute Gasteiger partial charge is 0.406 e. The summed E-state index contributed by atoms with van der Waals surface area (Å²) in [5.74, 6) is 2.11. The fourth-order valence-corrected chi connectivity index (χ4v) is 5.05. The molecule has 2 aliphatic carbocycles. The molecular formula is C23H29F5O. The fourth-order valence-electron chi connectivity index (χ4n) is 5.05. The van der Waals surface area contributed by atoms with Gasteiger partial charge < -0.3 is 4.74 Å². The van der Waals surface area contributed by atoms with Gasteiger partial charge in [-0.3, -0.25) is 0 Å². The van der Waals surface area contributed by atoms with Crippen molar-refractivity contribution < 1.29 is 26.7 Å². The van der Waals surface area contributed by atoms with Crippen LogP contribution in [0.4, 0.5) is 22.0 Å². The predicted molar refractivity (Wildman–Crippen MR) is 103 cm³/mol. The van der Waals surface area contributed by atoms with Gasteiger partial charge in [0.25, 0.3) is 0 Å². The molecule has 1 nitrogen and oxygen atoms in total. The highest BCUT2D eigenvalue weighted by Gasteiger charge is 2.32. The molecule has 1 aromatic rings. The van der Waals surface area contributed by atoms with E-state index in [1.165, 1.54) is 25.0 Å². The van der Waals surface area contributed by atoms with E-state index in [0.29, 0.717) is 17.8 Å². The van der Waals surface area contributed by atoms with E-state index in [4.69, 9.17) is 0 Å². The monoisotopic (exact) mass is 416 g/mol. The maximum Gasteiger partial charge on any atom is 0.573 e. The Morgan fingerprint density at radius 2 is 1.41 bits per heavy atom. The molecule has 0 unspecified atom stereocenters. The molecule has 2 aliphatic rings. The van der Waals surface area contributed by atoms with Crippen LogP contribution in [0.5, 0.6) is 5.75 Å². The second kappa shape index (κ2) is 9.94. The quantitative estimate of drug-likeness (QED) is 0.339. The fraction of sp³-hybridized carbons (Fsp3) is 0.652. The molecule has 0 saturated heterocycles. The number of hydrogen-bond acceptors (Lipinski definition) is 1. The van der Waals surface area contributed by atoms with E-state index >= 15 is 0 Å². The van der Waals surface area contributed by atoms with E-state index in [-0.39, 0.29) is 12.2 Å². The summed E-state index contributed by atoms with van der Waals surface area (Å²) in [5, 5.41) is 0. The lowest BCUT2D eigenvalue weighted by Crippen LogP contribution is -2.25. The minimum atomic E-state index is -4.66. The lowest BCUT2D eigenvalue weighted by atomic mass is 9.68. The van der Waals surface area contributed by atoms with Gasteiger partial charge in [0.1, 0.15) is 5.75 Å². The van der Waals surface area contributed by atoms with Gasteiger partial charge in [0, 0.05) is 6.42 Å². The molecule has 0 aromatic heterocycles. The number of alkyl halides is 5. The maximum absolute atomic E-state index is 12.3. The first-order valence-corrected chi connectivity index (χ1v) is 10.6. The highest BCUT2D eigenvalue weighted by atomic mass is 19.4. The van der Waals surface area contributed by atoms with Crippen molar-refractivity contribution in [3.63, 3.8) is 0 Å². The number of ether oxygens (including phenoxy) is 1. The van der Waals surface area contributed by atoms with Crippen molar-refractivity contribution in [3.05, 3.63) is 42.0 Å². The van der Waals surface area contributed by atoms with Crippen LogP contribution in [0.1, 0.15) is 69.3 Å². The van der Waals surface area contributed by atoms with Gasteiger partial charge in [0.15, 0.2) is 0 Å². The van der Waals surface area contributed by atoms with Crippen molar-refractivity contribution in [2.45, 2.75) is 76.5 Å². The van der Waals surface area contributed by atoms with Crippen LogP contribution in [0, 0.1) is 17.8 Å². The summed E-state index contributed by atoms with van der Waals surface area (Å²) in [4.78, 5) is 0. The Kier molecular flexibility index (Phi) is 7.58. The number of benzene rings is 1. The van der Waals surface area contributed by atoms with Gasteiger partial charge in [0.2, 0.25) is 6.43 Å². The van der Waals surface area contributed by atoms with Crippen LogP contribution < -0.4 is 4.74 Å². The van der Waals surface area contributed by atoms with Crippen LogP contribution in [0.2, 0.25) is 0 Å². The van der Waals surface area contributed by atoms with E-state index < -0.39 is 12.8 Å². The lowest BCUT2D eigenvalue weighted by molar-refractivity contribution is -0.274. The van der Waals surface area contributed by atoms with Crippen molar-refractivity contribution in [2.24, 2.45) is 17.8 Å². The number of halogens is 5. The van der Waals surface area contributed by atoms with Crippen molar-refractivity contribution in [2.75, 3.05) is 0 Å². The molecule has 0 radical (unpaired) electrons. The Balaban J connectivity index is 1.42. The Bertz CT molecular complexity index is 636. The zero-order valence-corrected chi connectivity index (χ0v) is 16.5. The van der Waals surface area contributed by atoms with Crippen LogP contribution in [-0.4, -0.2) is 12.8 Å². The molecule has 0 bridgehead atoms. The summed E-state index contributed by atoms with van der Waals surface area (Å²) in [6.45, 7) is 0. The van der Waals surface area contributed by atoms with Gasteiger partial charge in [-0.2, -0.15) is 0 Å². The van der Waals surface area contributed by atoms with E-state index in [9.17, 15) is 22.0 Å². The number of allylic oxidation sites excluding steroid dienone is 2. The third-order valence-electron chi connectivity index (χ3n) is 6.56. The first-order valence-electron chi connectivity index (χ1n) is 10.6. The Morgan fingerprint density at radius 3 is 1.93 bits per heavy atom. The van der Waals surface area contributed by atoms with E-state index in [1.807, 2.05) is 6.08 Å². The van der Waals surface area contributed by atoms with Gasteiger partial charge in [-0.25, -0.2) is 8.78 Å². The molecule has 1 aromatic carbocycles. The molecule has 6 heteroatoms. The lowest BCUT2D eigenvalue weighted by Gasteiger charge is -2.37. The normalized spacial score (nSPS) is 28.8. The molecule has 0 N–H and O–H groups in total. The second-order valence-corrected chi connectivity index (χ2v) is 8.46. The van der Waals surface area contributed by atoms with Crippen LogP contribution in [-0.2, 0) is 0 Å². The van der Waals surface area contributed by atoms with Gasteiger partial charge in [-0.15, -0.1) is 13.2 Å². The molecule has 162 valence electrons. The first kappa shape index (κ1) is 22.1. The molecule has 3 rings (SSSR count). The number of hydrogen-bond donors (Lipinski definition) is 0. The van der Waals surface area contributed by atoms with E-state index in [1.54, 1.807) is 18.2 Å². The third kappa shape index (κ3) is 7.00. The molecule has 0 atom stereocenters. The standard InChI is InChI=1S/C23H29F5O/c24-22(25)3-1-2-16-4-6-17(7-5-16)18-8-10-19(11-9-18)20-12-14-21(15-13-20)29-23(26,27)28/h1-2,12-19,22H,3-11H2. The largest absolute Gasteiger partial charge is 0.573 e. The van der Waals surface area contributed by atoms with Gasteiger partial charge in [-0.05, 0) is 92.7 Å². The molecule has 0 amide bonds. The topological polar surface area (TPSA) is 9.23 Å². The summed E-state index contributed by atoms with van der Waals surface area (Å²) in [7, 11) is 0. The SMILES string of the molecule is FC(F)CC=CC1CCC(C2CCC(c3ccc(OC(F)(F)F)cc3)CC2)CC1. The van der Waals surface area contributed by atoms with E-state index in [0.717, 1.165) is 50.0 Å². The zero-order chi connectivity index (χ0) is 20.9. The van der Waals surface area contributed by atoms with Crippen LogP contribution in [0.25, 0.3) is 0 Å². The highest BCUT2D eigenvalue weighted by Crippen LogP contribution is 2.44. The first-order chi connectivity index (χ1) is 13.8.